The summed E-state index contributed by atoms with van der Waals surface area (Å²) in [5.74, 6) is 0.412. The number of amides is 2. The third-order valence-corrected chi connectivity index (χ3v) is 6.44. The molecule has 2 aromatic heterocycles. The van der Waals surface area contributed by atoms with Gasteiger partial charge in [-0.25, -0.2) is 9.37 Å². The van der Waals surface area contributed by atoms with Gasteiger partial charge in [0.25, 0.3) is 11.8 Å². The highest BCUT2D eigenvalue weighted by Gasteiger charge is 2.24. The van der Waals surface area contributed by atoms with E-state index in [-0.39, 0.29) is 23.7 Å². The maximum absolute atomic E-state index is 13.4. The number of hydrogen-bond donors (Lipinski definition) is 1. The molecule has 0 aliphatic carbocycles. The van der Waals surface area contributed by atoms with Gasteiger partial charge in [-0.15, -0.1) is 0 Å². The number of halogens is 1. The van der Waals surface area contributed by atoms with Crippen LogP contribution in [0.15, 0.2) is 60.9 Å². The molecule has 2 aliphatic rings. The van der Waals surface area contributed by atoms with Gasteiger partial charge in [-0.05, 0) is 55.7 Å². The van der Waals surface area contributed by atoms with Crippen LogP contribution < -0.4 is 10.2 Å². The molecule has 0 spiro atoms. The van der Waals surface area contributed by atoms with Crippen LogP contribution in [-0.4, -0.2) is 58.9 Å². The number of carbonyl (C=O) groups is 2. The maximum atomic E-state index is 13.4. The van der Waals surface area contributed by atoms with E-state index in [1.54, 1.807) is 30.5 Å². The number of nitrogens with one attached hydrogen (secondary N) is 1. The van der Waals surface area contributed by atoms with Crippen LogP contribution >= 0.6 is 0 Å². The van der Waals surface area contributed by atoms with Gasteiger partial charge in [-0.1, -0.05) is 12.1 Å². The molecule has 5 rings (SSSR count). The van der Waals surface area contributed by atoms with E-state index in [2.05, 4.69) is 20.2 Å². The van der Waals surface area contributed by atoms with Crippen molar-refractivity contribution in [3.63, 3.8) is 0 Å². The zero-order chi connectivity index (χ0) is 23.5. The molecule has 2 amide bonds. The highest BCUT2D eigenvalue weighted by Crippen LogP contribution is 2.21. The molecule has 0 unspecified atom stereocenters. The first kappa shape index (κ1) is 22.0. The van der Waals surface area contributed by atoms with E-state index in [0.29, 0.717) is 22.4 Å². The first-order valence-corrected chi connectivity index (χ1v) is 11.6. The van der Waals surface area contributed by atoms with E-state index in [4.69, 9.17) is 0 Å². The number of rotatable bonds is 5. The Morgan fingerprint density at radius 1 is 0.912 bits per heavy atom. The molecular weight excluding hydrogens is 433 g/mol. The highest BCUT2D eigenvalue weighted by molar-refractivity contribution is 5.95. The van der Waals surface area contributed by atoms with Crippen molar-refractivity contribution in [2.24, 2.45) is 0 Å². The summed E-state index contributed by atoms with van der Waals surface area (Å²) < 4.78 is 13.4. The highest BCUT2D eigenvalue weighted by atomic mass is 19.1. The molecule has 0 bridgehead atoms. The third kappa shape index (κ3) is 4.76. The summed E-state index contributed by atoms with van der Waals surface area (Å²) in [6, 6.07) is 13.5. The average Bonchev–Trinajstić information content (AvgIpc) is 2.84. The molecule has 1 N–H and O–H groups in total. The molecule has 2 fully saturated rings. The molecule has 1 aromatic carbocycles. The van der Waals surface area contributed by atoms with Gasteiger partial charge >= 0.3 is 0 Å². The second kappa shape index (κ2) is 9.59. The number of anilines is 1. The quantitative estimate of drug-likeness (QED) is 0.632. The summed E-state index contributed by atoms with van der Waals surface area (Å²) in [4.78, 5) is 37.8. The summed E-state index contributed by atoms with van der Waals surface area (Å²) in [5.41, 5.74) is 2.40. The predicted molar refractivity (Wildman–Crippen MR) is 127 cm³/mol. The van der Waals surface area contributed by atoms with Gasteiger partial charge in [-0.3, -0.25) is 14.6 Å². The summed E-state index contributed by atoms with van der Waals surface area (Å²) >= 11 is 0. The van der Waals surface area contributed by atoms with E-state index in [0.717, 1.165) is 51.3 Å². The fraction of sp³-hybridized carbons (Fsp3) is 0.308. The van der Waals surface area contributed by atoms with Crippen LogP contribution in [0, 0.1) is 5.82 Å². The third-order valence-electron chi connectivity index (χ3n) is 6.44. The number of carbonyl (C=O) groups excluding carboxylic acids is 2. The molecule has 3 aromatic rings. The number of piperidine rings is 1. The van der Waals surface area contributed by atoms with E-state index in [9.17, 15) is 14.0 Å². The molecule has 34 heavy (non-hydrogen) atoms. The lowest BCUT2D eigenvalue weighted by Crippen LogP contribution is -2.45. The lowest BCUT2D eigenvalue weighted by atomic mass is 10.0. The van der Waals surface area contributed by atoms with Crippen LogP contribution in [0.2, 0.25) is 0 Å². The van der Waals surface area contributed by atoms with Crippen LogP contribution in [0.1, 0.15) is 40.0 Å². The van der Waals surface area contributed by atoms with E-state index in [1.807, 2.05) is 17.0 Å². The van der Waals surface area contributed by atoms with Crippen molar-refractivity contribution in [2.45, 2.75) is 25.3 Å². The van der Waals surface area contributed by atoms with E-state index in [1.165, 1.54) is 18.3 Å². The fourth-order valence-electron chi connectivity index (χ4n) is 4.27. The fourth-order valence-corrected chi connectivity index (χ4v) is 4.27. The number of benzene rings is 1. The van der Waals surface area contributed by atoms with Crippen LogP contribution in [0.3, 0.4) is 0 Å². The number of nitrogens with zero attached hydrogens (tertiary/aromatic N) is 4. The van der Waals surface area contributed by atoms with Gasteiger partial charge in [0.1, 0.15) is 11.6 Å². The van der Waals surface area contributed by atoms with Crippen molar-refractivity contribution in [1.29, 1.82) is 0 Å². The first-order chi connectivity index (χ1) is 16.6. The average molecular weight is 460 g/mol. The predicted octanol–water partition coefficient (Wildman–Crippen LogP) is 3.53. The van der Waals surface area contributed by atoms with Gasteiger partial charge in [0, 0.05) is 50.2 Å². The number of hydrogen-bond acceptors (Lipinski definition) is 5. The molecule has 0 radical (unpaired) electrons. The van der Waals surface area contributed by atoms with Gasteiger partial charge in [0.05, 0.1) is 16.8 Å². The minimum atomic E-state index is -0.321. The Bertz CT molecular complexity index is 1170. The van der Waals surface area contributed by atoms with E-state index >= 15 is 0 Å². The SMILES string of the molecule is O=C(NC1CCN(c2ccc(C(=O)N3CCC3)cn2)CC1)c1ccc(-c2cccc(F)c2)nc1. The first-order valence-electron chi connectivity index (χ1n) is 11.6. The summed E-state index contributed by atoms with van der Waals surface area (Å²) in [6.45, 7) is 3.20. The Hall–Kier alpha value is -3.81. The molecule has 2 saturated heterocycles. The van der Waals surface area contributed by atoms with Crippen molar-refractivity contribution in [3.05, 3.63) is 77.9 Å². The van der Waals surface area contributed by atoms with Gasteiger partial charge in [0.2, 0.25) is 0 Å². The van der Waals surface area contributed by atoms with Crippen LogP contribution in [0.5, 0.6) is 0 Å². The lowest BCUT2D eigenvalue weighted by molar-refractivity contribution is 0.0651. The Morgan fingerprint density at radius 3 is 2.29 bits per heavy atom. The Kier molecular flexibility index (Phi) is 6.20. The number of aromatic nitrogens is 2. The zero-order valence-corrected chi connectivity index (χ0v) is 18.8. The zero-order valence-electron chi connectivity index (χ0n) is 18.8. The molecular formula is C26H26FN5O2. The van der Waals surface area contributed by atoms with Crippen LogP contribution in [0.25, 0.3) is 11.3 Å². The van der Waals surface area contributed by atoms with Crippen molar-refractivity contribution >= 4 is 17.6 Å². The van der Waals surface area contributed by atoms with Gasteiger partial charge in [-0.2, -0.15) is 0 Å². The minimum absolute atomic E-state index is 0.0465. The molecule has 0 saturated carbocycles. The van der Waals surface area contributed by atoms with Crippen LogP contribution in [0.4, 0.5) is 10.2 Å². The minimum Gasteiger partial charge on any atom is -0.356 e. The Balaban J connectivity index is 1.13. The summed E-state index contributed by atoms with van der Waals surface area (Å²) in [7, 11) is 0. The summed E-state index contributed by atoms with van der Waals surface area (Å²) in [6.07, 6.45) is 5.86. The van der Waals surface area contributed by atoms with Crippen molar-refractivity contribution in [1.82, 2.24) is 20.2 Å². The molecule has 174 valence electrons. The van der Waals surface area contributed by atoms with Crippen molar-refractivity contribution < 1.29 is 14.0 Å². The topological polar surface area (TPSA) is 78.4 Å². The molecule has 0 atom stereocenters. The monoisotopic (exact) mass is 459 g/mol. The largest absolute Gasteiger partial charge is 0.356 e. The second-order valence-electron chi connectivity index (χ2n) is 8.73. The van der Waals surface area contributed by atoms with Gasteiger partial charge < -0.3 is 15.1 Å². The summed E-state index contributed by atoms with van der Waals surface area (Å²) in [5, 5.41) is 3.09. The van der Waals surface area contributed by atoms with Gasteiger partial charge in [0.15, 0.2) is 0 Å². The number of pyridine rings is 2. The molecule has 8 heteroatoms. The van der Waals surface area contributed by atoms with Crippen molar-refractivity contribution in [2.75, 3.05) is 31.1 Å². The van der Waals surface area contributed by atoms with E-state index < -0.39 is 0 Å². The standard InChI is InChI=1S/C26H26FN5O2/c27-21-4-1-3-18(15-21)23-7-5-19(16-28-23)25(33)30-22-9-13-31(14-10-22)24-8-6-20(17-29-24)26(34)32-11-2-12-32/h1,3-8,15-17,22H,2,9-14H2,(H,30,33). The number of likely N-dealkylation sites (tertiary alicyclic amines) is 1. The lowest BCUT2D eigenvalue weighted by Gasteiger charge is -2.33. The molecule has 4 heterocycles. The molecule has 7 nitrogen and oxygen atoms in total. The molecule has 2 aliphatic heterocycles. The second-order valence-corrected chi connectivity index (χ2v) is 8.73. The Morgan fingerprint density at radius 2 is 1.68 bits per heavy atom. The van der Waals surface area contributed by atoms with Crippen molar-refractivity contribution in [3.8, 4) is 11.3 Å². The Labute approximate surface area is 197 Å². The van der Waals surface area contributed by atoms with Crippen LogP contribution in [-0.2, 0) is 0 Å². The normalized spacial score (nSPS) is 16.1. The maximum Gasteiger partial charge on any atom is 0.255 e. The smallest absolute Gasteiger partial charge is 0.255 e.